The number of carbonyl (C=O) groups excluding carboxylic acids is 1. The van der Waals surface area contributed by atoms with Gasteiger partial charge in [0.25, 0.3) is 0 Å². The molecule has 126 valence electrons. The second-order valence-electron chi connectivity index (χ2n) is 6.71. The van der Waals surface area contributed by atoms with Crippen molar-refractivity contribution in [2.24, 2.45) is 0 Å². The molecule has 2 aliphatic heterocycles. The summed E-state index contributed by atoms with van der Waals surface area (Å²) in [7, 11) is 0. The van der Waals surface area contributed by atoms with Crippen molar-refractivity contribution in [2.75, 3.05) is 13.1 Å². The number of benzene rings is 1. The molecular formula is C18H24F2N2O. The monoisotopic (exact) mass is 322 g/mol. The van der Waals surface area contributed by atoms with Gasteiger partial charge in [-0.1, -0.05) is 6.07 Å². The van der Waals surface area contributed by atoms with Crippen LogP contribution in [-0.4, -0.2) is 40.9 Å². The van der Waals surface area contributed by atoms with Gasteiger partial charge in [0.2, 0.25) is 5.91 Å². The third-order valence-electron chi connectivity index (χ3n) is 5.40. The molecule has 0 N–H and O–H groups in total. The van der Waals surface area contributed by atoms with Crippen molar-refractivity contribution in [1.29, 1.82) is 0 Å². The third-order valence-corrected chi connectivity index (χ3v) is 5.40. The quantitative estimate of drug-likeness (QED) is 0.850. The van der Waals surface area contributed by atoms with E-state index in [4.69, 9.17) is 0 Å². The lowest BCUT2D eigenvalue weighted by Crippen LogP contribution is -2.48. The van der Waals surface area contributed by atoms with Gasteiger partial charge in [0.15, 0.2) is 0 Å². The molecule has 5 heteroatoms. The lowest BCUT2D eigenvalue weighted by Gasteiger charge is -2.38. The van der Waals surface area contributed by atoms with Crippen LogP contribution in [0.3, 0.4) is 0 Å². The first-order valence-electron chi connectivity index (χ1n) is 8.47. The minimum absolute atomic E-state index is 0.113. The van der Waals surface area contributed by atoms with Gasteiger partial charge in [-0.15, -0.1) is 0 Å². The highest BCUT2D eigenvalue weighted by molar-refractivity contribution is 5.74. The second kappa shape index (κ2) is 6.56. The Labute approximate surface area is 136 Å². The normalized spacial score (nSPS) is 26.7. The molecule has 23 heavy (non-hydrogen) atoms. The van der Waals surface area contributed by atoms with Gasteiger partial charge in [0.05, 0.1) is 0 Å². The molecule has 2 fully saturated rings. The van der Waals surface area contributed by atoms with E-state index >= 15 is 0 Å². The van der Waals surface area contributed by atoms with Crippen LogP contribution in [0.25, 0.3) is 0 Å². The molecule has 0 spiro atoms. The first-order chi connectivity index (χ1) is 11.0. The summed E-state index contributed by atoms with van der Waals surface area (Å²) >= 11 is 0. The predicted octanol–water partition coefficient (Wildman–Crippen LogP) is 3.50. The molecule has 2 aliphatic rings. The summed E-state index contributed by atoms with van der Waals surface area (Å²) in [4.78, 5) is 16.1. The van der Waals surface area contributed by atoms with Crippen molar-refractivity contribution in [1.82, 2.24) is 9.80 Å². The molecule has 2 saturated heterocycles. The molecule has 2 heterocycles. The van der Waals surface area contributed by atoms with E-state index in [0.717, 1.165) is 44.8 Å². The second-order valence-corrected chi connectivity index (χ2v) is 6.71. The highest BCUT2D eigenvalue weighted by atomic mass is 19.1. The standard InChI is InChI=1S/C18H24F2N2O/c1-12(15-8-7-14(19)11-16(15)20)21-9-3-5-17(21)18-6-4-10-22(18)13(2)23/h7-8,11-12,17-18H,3-6,9-10H2,1-2H3/t12-,17+,18+/m0/s1. The summed E-state index contributed by atoms with van der Waals surface area (Å²) in [6.45, 7) is 5.32. The summed E-state index contributed by atoms with van der Waals surface area (Å²) < 4.78 is 27.3. The van der Waals surface area contributed by atoms with Crippen LogP contribution < -0.4 is 0 Å². The maximum atomic E-state index is 14.1. The van der Waals surface area contributed by atoms with Gasteiger partial charge in [0, 0.05) is 43.2 Å². The van der Waals surface area contributed by atoms with Gasteiger partial charge in [0.1, 0.15) is 11.6 Å². The van der Waals surface area contributed by atoms with Gasteiger partial charge < -0.3 is 4.90 Å². The number of halogens is 2. The fourth-order valence-corrected chi connectivity index (χ4v) is 4.31. The van der Waals surface area contributed by atoms with E-state index < -0.39 is 11.6 Å². The average molecular weight is 322 g/mol. The maximum absolute atomic E-state index is 14.1. The molecular weight excluding hydrogens is 298 g/mol. The van der Waals surface area contributed by atoms with E-state index in [-0.39, 0.29) is 24.0 Å². The number of hydrogen-bond donors (Lipinski definition) is 0. The summed E-state index contributed by atoms with van der Waals surface area (Å²) in [5, 5.41) is 0. The van der Waals surface area contributed by atoms with Gasteiger partial charge >= 0.3 is 0 Å². The lowest BCUT2D eigenvalue weighted by atomic mass is 9.99. The Morgan fingerprint density at radius 1 is 1.17 bits per heavy atom. The van der Waals surface area contributed by atoms with Gasteiger partial charge in [-0.05, 0) is 45.2 Å². The Hall–Kier alpha value is -1.49. The minimum Gasteiger partial charge on any atom is -0.338 e. The highest BCUT2D eigenvalue weighted by Crippen LogP contribution is 2.36. The van der Waals surface area contributed by atoms with Crippen LogP contribution in [0.2, 0.25) is 0 Å². The molecule has 1 amide bonds. The van der Waals surface area contributed by atoms with E-state index in [1.54, 1.807) is 13.0 Å². The molecule has 3 atom stereocenters. The molecule has 0 radical (unpaired) electrons. The van der Waals surface area contributed by atoms with E-state index in [1.165, 1.54) is 6.07 Å². The average Bonchev–Trinajstić information content (AvgIpc) is 3.15. The van der Waals surface area contributed by atoms with Crippen LogP contribution in [0.1, 0.15) is 51.1 Å². The predicted molar refractivity (Wildman–Crippen MR) is 84.9 cm³/mol. The summed E-state index contributed by atoms with van der Waals surface area (Å²) in [6, 6.07) is 4.19. The SMILES string of the molecule is CC(=O)N1CCC[C@@H]1[C@H]1CCCN1[C@@H](C)c1ccc(F)cc1F. The molecule has 0 unspecified atom stereocenters. The molecule has 0 aromatic heterocycles. The maximum Gasteiger partial charge on any atom is 0.219 e. The Kier molecular flexibility index (Phi) is 4.67. The topological polar surface area (TPSA) is 23.6 Å². The van der Waals surface area contributed by atoms with Crippen LogP contribution in [0.5, 0.6) is 0 Å². The zero-order valence-electron chi connectivity index (χ0n) is 13.8. The fourth-order valence-electron chi connectivity index (χ4n) is 4.31. The Morgan fingerprint density at radius 2 is 1.87 bits per heavy atom. The molecule has 0 bridgehead atoms. The zero-order chi connectivity index (χ0) is 16.6. The fraction of sp³-hybridized carbons (Fsp3) is 0.611. The first-order valence-corrected chi connectivity index (χ1v) is 8.47. The van der Waals surface area contributed by atoms with Crippen molar-refractivity contribution in [3.8, 4) is 0 Å². The number of likely N-dealkylation sites (tertiary alicyclic amines) is 2. The van der Waals surface area contributed by atoms with Gasteiger partial charge in [-0.3, -0.25) is 9.69 Å². The van der Waals surface area contributed by atoms with Crippen LogP contribution in [-0.2, 0) is 4.79 Å². The summed E-state index contributed by atoms with van der Waals surface area (Å²) in [5.74, 6) is -0.909. The van der Waals surface area contributed by atoms with Crippen molar-refractivity contribution in [2.45, 2.75) is 57.7 Å². The number of carbonyl (C=O) groups is 1. The lowest BCUT2D eigenvalue weighted by molar-refractivity contribution is -0.130. The molecule has 1 aromatic carbocycles. The van der Waals surface area contributed by atoms with Crippen LogP contribution in [0.4, 0.5) is 8.78 Å². The van der Waals surface area contributed by atoms with Gasteiger partial charge in [-0.25, -0.2) is 8.78 Å². The molecule has 1 aromatic rings. The Bertz CT molecular complexity index is 592. The molecule has 3 rings (SSSR count). The van der Waals surface area contributed by atoms with E-state index in [1.807, 2.05) is 11.8 Å². The molecule has 3 nitrogen and oxygen atoms in total. The Balaban J connectivity index is 1.82. The van der Waals surface area contributed by atoms with E-state index in [9.17, 15) is 13.6 Å². The van der Waals surface area contributed by atoms with Crippen molar-refractivity contribution < 1.29 is 13.6 Å². The smallest absolute Gasteiger partial charge is 0.219 e. The Morgan fingerprint density at radius 3 is 2.57 bits per heavy atom. The number of rotatable bonds is 3. The highest BCUT2D eigenvalue weighted by Gasteiger charge is 2.40. The first kappa shape index (κ1) is 16.4. The summed E-state index contributed by atoms with van der Waals surface area (Å²) in [6.07, 6.45) is 4.13. The number of hydrogen-bond acceptors (Lipinski definition) is 2. The molecule has 0 aliphatic carbocycles. The van der Waals surface area contributed by atoms with Crippen molar-refractivity contribution in [3.63, 3.8) is 0 Å². The van der Waals surface area contributed by atoms with Crippen LogP contribution in [0.15, 0.2) is 18.2 Å². The molecule has 0 saturated carbocycles. The number of nitrogens with zero attached hydrogens (tertiary/aromatic N) is 2. The number of amides is 1. The van der Waals surface area contributed by atoms with Gasteiger partial charge in [-0.2, -0.15) is 0 Å². The third kappa shape index (κ3) is 3.11. The van der Waals surface area contributed by atoms with Crippen molar-refractivity contribution in [3.05, 3.63) is 35.4 Å². The van der Waals surface area contributed by atoms with Crippen LogP contribution in [0, 0.1) is 11.6 Å². The largest absolute Gasteiger partial charge is 0.338 e. The van der Waals surface area contributed by atoms with E-state index in [0.29, 0.717) is 5.56 Å². The van der Waals surface area contributed by atoms with Crippen molar-refractivity contribution >= 4 is 5.91 Å². The van der Waals surface area contributed by atoms with E-state index in [2.05, 4.69) is 4.90 Å². The summed E-state index contributed by atoms with van der Waals surface area (Å²) in [5.41, 5.74) is 0.533. The zero-order valence-corrected chi connectivity index (χ0v) is 13.8. The minimum atomic E-state index is -0.546. The van der Waals surface area contributed by atoms with Crippen LogP contribution >= 0.6 is 0 Å².